The van der Waals surface area contributed by atoms with Crippen molar-refractivity contribution in [2.75, 3.05) is 26.4 Å². The molecule has 1 saturated carbocycles. The van der Waals surface area contributed by atoms with Crippen molar-refractivity contribution in [1.29, 1.82) is 0 Å². The summed E-state index contributed by atoms with van der Waals surface area (Å²) in [4.78, 5) is 0. The van der Waals surface area contributed by atoms with Crippen LogP contribution in [0.25, 0.3) is 0 Å². The van der Waals surface area contributed by atoms with Crippen LogP contribution >= 0.6 is 0 Å². The predicted molar refractivity (Wildman–Crippen MR) is 87.6 cm³/mol. The zero-order valence-electron chi connectivity index (χ0n) is 14.4. The number of rotatable bonds is 10. The first-order chi connectivity index (χ1) is 10.0. The molecule has 0 aliphatic heterocycles. The van der Waals surface area contributed by atoms with E-state index in [9.17, 15) is 0 Å². The lowest BCUT2D eigenvalue weighted by atomic mass is 9.78. The lowest BCUT2D eigenvalue weighted by Gasteiger charge is -2.35. The van der Waals surface area contributed by atoms with Crippen LogP contribution in [0.3, 0.4) is 0 Å². The van der Waals surface area contributed by atoms with Gasteiger partial charge in [0.2, 0.25) is 0 Å². The first kappa shape index (κ1) is 18.7. The number of hydrogen-bond acceptors (Lipinski definition) is 3. The van der Waals surface area contributed by atoms with Crippen LogP contribution in [0.1, 0.15) is 53.4 Å². The highest BCUT2D eigenvalue weighted by Crippen LogP contribution is 2.34. The fraction of sp³-hybridized carbons (Fsp3) is 0.889. The fourth-order valence-electron chi connectivity index (χ4n) is 2.86. The van der Waals surface area contributed by atoms with Gasteiger partial charge in [0.1, 0.15) is 0 Å². The summed E-state index contributed by atoms with van der Waals surface area (Å²) in [5, 5.41) is 0. The lowest BCUT2D eigenvalue weighted by molar-refractivity contribution is -0.0491. The summed E-state index contributed by atoms with van der Waals surface area (Å²) in [7, 11) is 0. The molecule has 0 aromatic heterocycles. The van der Waals surface area contributed by atoms with E-state index in [4.69, 9.17) is 14.2 Å². The Kier molecular flexibility index (Phi) is 9.21. The number of hydrogen-bond donors (Lipinski definition) is 0. The van der Waals surface area contributed by atoms with Crippen LogP contribution in [-0.4, -0.2) is 38.6 Å². The minimum Gasteiger partial charge on any atom is -0.377 e. The van der Waals surface area contributed by atoms with E-state index in [1.54, 1.807) is 0 Å². The largest absolute Gasteiger partial charge is 0.377 e. The summed E-state index contributed by atoms with van der Waals surface area (Å²) in [6.45, 7) is 15.4. The van der Waals surface area contributed by atoms with E-state index in [1.165, 1.54) is 18.4 Å². The minimum atomic E-state index is 0.324. The highest BCUT2D eigenvalue weighted by Gasteiger charge is 2.29. The first-order valence-electron chi connectivity index (χ1n) is 8.50. The molecule has 0 aromatic rings. The highest BCUT2D eigenvalue weighted by molar-refractivity contribution is 5.02. The van der Waals surface area contributed by atoms with Crippen molar-refractivity contribution in [3.05, 3.63) is 12.2 Å². The van der Waals surface area contributed by atoms with E-state index < -0.39 is 0 Å². The summed E-state index contributed by atoms with van der Waals surface area (Å²) in [5.41, 5.74) is 1.26. The average molecular weight is 298 g/mol. The van der Waals surface area contributed by atoms with Crippen LogP contribution in [0.4, 0.5) is 0 Å². The molecule has 0 amide bonds. The van der Waals surface area contributed by atoms with Crippen molar-refractivity contribution in [1.82, 2.24) is 0 Å². The van der Waals surface area contributed by atoms with Crippen molar-refractivity contribution in [3.63, 3.8) is 0 Å². The van der Waals surface area contributed by atoms with Crippen molar-refractivity contribution >= 4 is 0 Å². The van der Waals surface area contributed by atoms with E-state index in [0.717, 1.165) is 18.8 Å². The molecule has 4 unspecified atom stereocenters. The third kappa shape index (κ3) is 7.44. The van der Waals surface area contributed by atoms with Crippen LogP contribution in [-0.2, 0) is 14.2 Å². The molecular formula is C18H34O3. The Morgan fingerprint density at radius 3 is 2.57 bits per heavy atom. The topological polar surface area (TPSA) is 27.7 Å². The molecule has 1 aliphatic rings. The molecule has 0 spiro atoms. The molecule has 1 rings (SSSR count). The van der Waals surface area contributed by atoms with Crippen LogP contribution in [0.2, 0.25) is 0 Å². The molecule has 0 aromatic carbocycles. The van der Waals surface area contributed by atoms with Gasteiger partial charge in [0.25, 0.3) is 0 Å². The maximum Gasteiger partial charge on any atom is 0.0704 e. The average Bonchev–Trinajstić information content (AvgIpc) is 2.45. The van der Waals surface area contributed by atoms with Crippen molar-refractivity contribution in [3.8, 4) is 0 Å². The van der Waals surface area contributed by atoms with Gasteiger partial charge in [-0.05, 0) is 45.4 Å². The molecule has 124 valence electrons. The third-order valence-electron chi connectivity index (χ3n) is 4.45. The standard InChI is InChI=1S/C18H34O3/c1-6-16(5)20-11-9-19-10-12-21-18-13-15(4)7-8-17(18)14(2)3/h15-18H,2,6-13H2,1,3-5H3. The molecule has 0 saturated heterocycles. The fourth-order valence-corrected chi connectivity index (χ4v) is 2.86. The normalized spacial score (nSPS) is 27.5. The summed E-state index contributed by atoms with van der Waals surface area (Å²) >= 11 is 0. The Balaban J connectivity index is 2.11. The molecule has 1 fully saturated rings. The van der Waals surface area contributed by atoms with Gasteiger partial charge in [-0.3, -0.25) is 0 Å². The van der Waals surface area contributed by atoms with Crippen molar-refractivity contribution in [2.45, 2.75) is 65.6 Å². The summed E-state index contributed by atoms with van der Waals surface area (Å²) in [6.07, 6.45) is 5.35. The predicted octanol–water partition coefficient (Wildman–Crippen LogP) is 4.22. The molecule has 4 atom stereocenters. The summed E-state index contributed by atoms with van der Waals surface area (Å²) < 4.78 is 17.2. The molecular weight excluding hydrogens is 264 g/mol. The molecule has 3 heteroatoms. The Morgan fingerprint density at radius 2 is 1.90 bits per heavy atom. The Bertz CT molecular complexity index is 290. The first-order valence-corrected chi connectivity index (χ1v) is 8.50. The van der Waals surface area contributed by atoms with Gasteiger partial charge in [-0.15, -0.1) is 0 Å². The van der Waals surface area contributed by atoms with Gasteiger partial charge >= 0.3 is 0 Å². The Morgan fingerprint density at radius 1 is 1.19 bits per heavy atom. The maximum atomic E-state index is 6.05. The third-order valence-corrected chi connectivity index (χ3v) is 4.45. The second-order valence-corrected chi connectivity index (χ2v) is 6.48. The Hall–Kier alpha value is -0.380. The lowest BCUT2D eigenvalue weighted by Crippen LogP contribution is -2.32. The molecule has 0 bridgehead atoms. The van der Waals surface area contributed by atoms with Gasteiger partial charge in [0, 0.05) is 5.92 Å². The van der Waals surface area contributed by atoms with Gasteiger partial charge in [-0.1, -0.05) is 26.0 Å². The second kappa shape index (κ2) is 10.4. The molecule has 3 nitrogen and oxygen atoms in total. The highest BCUT2D eigenvalue weighted by atomic mass is 16.5. The zero-order chi connectivity index (χ0) is 15.7. The van der Waals surface area contributed by atoms with Crippen LogP contribution in [0.5, 0.6) is 0 Å². The quantitative estimate of drug-likeness (QED) is 0.446. The van der Waals surface area contributed by atoms with Crippen molar-refractivity contribution < 1.29 is 14.2 Å². The summed E-state index contributed by atoms with van der Waals surface area (Å²) in [5.74, 6) is 1.28. The molecule has 21 heavy (non-hydrogen) atoms. The number of ether oxygens (including phenoxy) is 3. The van der Waals surface area contributed by atoms with E-state index in [1.807, 2.05) is 0 Å². The molecule has 0 heterocycles. The van der Waals surface area contributed by atoms with Gasteiger partial charge in [-0.25, -0.2) is 0 Å². The SMILES string of the molecule is C=C(C)C1CCC(C)CC1OCCOCCOC(C)CC. The second-order valence-electron chi connectivity index (χ2n) is 6.48. The molecule has 0 radical (unpaired) electrons. The molecule has 1 aliphatic carbocycles. The Labute approximate surface area is 131 Å². The van der Waals surface area contributed by atoms with Gasteiger partial charge in [-0.2, -0.15) is 0 Å². The molecule has 0 N–H and O–H groups in total. The van der Waals surface area contributed by atoms with Crippen LogP contribution in [0, 0.1) is 11.8 Å². The van der Waals surface area contributed by atoms with Gasteiger partial charge in [0.15, 0.2) is 0 Å². The smallest absolute Gasteiger partial charge is 0.0704 e. The van der Waals surface area contributed by atoms with Gasteiger partial charge in [0.05, 0.1) is 38.6 Å². The zero-order valence-corrected chi connectivity index (χ0v) is 14.4. The van der Waals surface area contributed by atoms with E-state index >= 15 is 0 Å². The summed E-state index contributed by atoms with van der Waals surface area (Å²) in [6, 6.07) is 0. The van der Waals surface area contributed by atoms with Crippen molar-refractivity contribution in [2.24, 2.45) is 11.8 Å². The van der Waals surface area contributed by atoms with Gasteiger partial charge < -0.3 is 14.2 Å². The van der Waals surface area contributed by atoms with E-state index in [0.29, 0.717) is 44.6 Å². The van der Waals surface area contributed by atoms with E-state index in [-0.39, 0.29) is 0 Å². The van der Waals surface area contributed by atoms with E-state index in [2.05, 4.69) is 34.3 Å². The minimum absolute atomic E-state index is 0.324. The van der Waals surface area contributed by atoms with Crippen LogP contribution < -0.4 is 0 Å². The maximum absolute atomic E-state index is 6.05. The van der Waals surface area contributed by atoms with Crippen LogP contribution in [0.15, 0.2) is 12.2 Å². The monoisotopic (exact) mass is 298 g/mol.